The fourth-order valence-corrected chi connectivity index (χ4v) is 1.82. The van der Waals surface area contributed by atoms with Crippen molar-refractivity contribution in [2.75, 3.05) is 13.7 Å². The zero-order chi connectivity index (χ0) is 13.7. The van der Waals surface area contributed by atoms with E-state index in [4.69, 9.17) is 9.47 Å². The van der Waals surface area contributed by atoms with Crippen LogP contribution in [0.1, 0.15) is 13.3 Å². The van der Waals surface area contributed by atoms with Gasteiger partial charge in [0.05, 0.1) is 13.7 Å². The van der Waals surface area contributed by atoms with E-state index in [2.05, 4.69) is 6.92 Å². The summed E-state index contributed by atoms with van der Waals surface area (Å²) in [6.07, 6.45) is 0.985. The van der Waals surface area contributed by atoms with E-state index in [-0.39, 0.29) is 5.75 Å². The minimum atomic E-state index is 0.239. The van der Waals surface area contributed by atoms with Crippen molar-refractivity contribution in [3.05, 3.63) is 42.5 Å². The van der Waals surface area contributed by atoms with E-state index in [9.17, 15) is 5.11 Å². The number of phenols is 1. The van der Waals surface area contributed by atoms with Crippen LogP contribution in [-0.2, 0) is 0 Å². The van der Waals surface area contributed by atoms with Gasteiger partial charge in [-0.3, -0.25) is 0 Å². The van der Waals surface area contributed by atoms with Gasteiger partial charge in [0.25, 0.3) is 0 Å². The van der Waals surface area contributed by atoms with Gasteiger partial charge in [0.1, 0.15) is 17.2 Å². The number of benzene rings is 2. The van der Waals surface area contributed by atoms with Crippen molar-refractivity contribution in [3.8, 4) is 28.4 Å². The first-order valence-electron chi connectivity index (χ1n) is 6.35. The van der Waals surface area contributed by atoms with E-state index >= 15 is 0 Å². The molecule has 0 fully saturated rings. The maximum absolute atomic E-state index is 9.91. The smallest absolute Gasteiger partial charge is 0.123 e. The van der Waals surface area contributed by atoms with Crippen LogP contribution >= 0.6 is 0 Å². The van der Waals surface area contributed by atoms with Gasteiger partial charge in [-0.25, -0.2) is 0 Å². The molecule has 0 atom stereocenters. The SMILES string of the molecule is CCCOc1ccc(-c2cc(OC)ccc2O)cc1. The van der Waals surface area contributed by atoms with Gasteiger partial charge in [-0.15, -0.1) is 0 Å². The van der Waals surface area contributed by atoms with Gasteiger partial charge in [0.2, 0.25) is 0 Å². The first-order chi connectivity index (χ1) is 9.24. The van der Waals surface area contributed by atoms with Gasteiger partial charge < -0.3 is 14.6 Å². The zero-order valence-corrected chi connectivity index (χ0v) is 11.2. The van der Waals surface area contributed by atoms with Crippen molar-refractivity contribution in [1.82, 2.24) is 0 Å². The monoisotopic (exact) mass is 258 g/mol. The lowest BCUT2D eigenvalue weighted by atomic mass is 10.0. The normalized spacial score (nSPS) is 10.2. The topological polar surface area (TPSA) is 38.7 Å². The fraction of sp³-hybridized carbons (Fsp3) is 0.250. The molecule has 100 valence electrons. The van der Waals surface area contributed by atoms with Crippen molar-refractivity contribution in [2.24, 2.45) is 0 Å². The molecule has 3 heteroatoms. The molecular weight excluding hydrogens is 240 g/mol. The van der Waals surface area contributed by atoms with Gasteiger partial charge >= 0.3 is 0 Å². The average Bonchev–Trinajstić information content (AvgIpc) is 2.46. The van der Waals surface area contributed by atoms with Crippen LogP contribution in [0.5, 0.6) is 17.2 Å². The van der Waals surface area contributed by atoms with Crippen molar-refractivity contribution >= 4 is 0 Å². The number of rotatable bonds is 5. The molecule has 0 saturated heterocycles. The highest BCUT2D eigenvalue weighted by molar-refractivity contribution is 5.72. The Morgan fingerprint density at radius 1 is 1.00 bits per heavy atom. The number of hydrogen-bond donors (Lipinski definition) is 1. The van der Waals surface area contributed by atoms with Crippen LogP contribution in [0.2, 0.25) is 0 Å². The first kappa shape index (κ1) is 13.3. The second-order valence-corrected chi connectivity index (χ2v) is 4.26. The second-order valence-electron chi connectivity index (χ2n) is 4.26. The molecule has 0 amide bonds. The molecular formula is C16H18O3. The highest BCUT2D eigenvalue weighted by Crippen LogP contribution is 2.33. The van der Waals surface area contributed by atoms with Crippen LogP contribution < -0.4 is 9.47 Å². The summed E-state index contributed by atoms with van der Waals surface area (Å²) in [4.78, 5) is 0. The minimum absolute atomic E-state index is 0.239. The summed E-state index contributed by atoms with van der Waals surface area (Å²) in [5.74, 6) is 1.80. The molecule has 3 nitrogen and oxygen atoms in total. The van der Waals surface area contributed by atoms with E-state index in [1.807, 2.05) is 30.3 Å². The van der Waals surface area contributed by atoms with E-state index in [0.717, 1.165) is 29.0 Å². The van der Waals surface area contributed by atoms with Crippen LogP contribution in [0.4, 0.5) is 0 Å². The summed E-state index contributed by atoms with van der Waals surface area (Å²) in [7, 11) is 1.61. The molecule has 0 bridgehead atoms. The van der Waals surface area contributed by atoms with Crippen LogP contribution in [0.15, 0.2) is 42.5 Å². The largest absolute Gasteiger partial charge is 0.507 e. The Balaban J connectivity index is 2.26. The summed E-state index contributed by atoms with van der Waals surface area (Å²) < 4.78 is 10.7. The Hall–Kier alpha value is -2.16. The van der Waals surface area contributed by atoms with E-state index in [0.29, 0.717) is 6.61 Å². The summed E-state index contributed by atoms with van der Waals surface area (Å²) in [5.41, 5.74) is 1.68. The molecule has 0 aliphatic carbocycles. The predicted molar refractivity (Wildman–Crippen MR) is 75.9 cm³/mol. The second kappa shape index (κ2) is 6.14. The Morgan fingerprint density at radius 2 is 1.68 bits per heavy atom. The van der Waals surface area contributed by atoms with Crippen LogP contribution in [0, 0.1) is 0 Å². The van der Waals surface area contributed by atoms with Crippen molar-refractivity contribution in [1.29, 1.82) is 0 Å². The molecule has 0 heterocycles. The molecule has 0 aliphatic rings. The number of phenolic OH excluding ortho intramolecular Hbond substituents is 1. The highest BCUT2D eigenvalue weighted by Gasteiger charge is 2.06. The van der Waals surface area contributed by atoms with Crippen LogP contribution in [-0.4, -0.2) is 18.8 Å². The van der Waals surface area contributed by atoms with Crippen molar-refractivity contribution < 1.29 is 14.6 Å². The fourth-order valence-electron chi connectivity index (χ4n) is 1.82. The molecule has 19 heavy (non-hydrogen) atoms. The minimum Gasteiger partial charge on any atom is -0.507 e. The molecule has 2 rings (SSSR count). The summed E-state index contributed by atoms with van der Waals surface area (Å²) >= 11 is 0. The van der Waals surface area contributed by atoms with E-state index < -0.39 is 0 Å². The van der Waals surface area contributed by atoms with Gasteiger partial charge in [-0.05, 0) is 42.3 Å². The summed E-state index contributed by atoms with van der Waals surface area (Å²) in [6.45, 7) is 2.78. The number of methoxy groups -OCH3 is 1. The van der Waals surface area contributed by atoms with Gasteiger partial charge in [-0.1, -0.05) is 19.1 Å². The number of aromatic hydroxyl groups is 1. The molecule has 0 saturated carbocycles. The lowest BCUT2D eigenvalue weighted by Crippen LogP contribution is -1.94. The molecule has 2 aromatic rings. The predicted octanol–water partition coefficient (Wildman–Crippen LogP) is 3.86. The zero-order valence-electron chi connectivity index (χ0n) is 11.2. The van der Waals surface area contributed by atoms with E-state index in [1.54, 1.807) is 19.2 Å². The molecule has 2 aromatic carbocycles. The van der Waals surface area contributed by atoms with Gasteiger partial charge in [0, 0.05) is 5.56 Å². The summed E-state index contributed by atoms with van der Waals surface area (Å²) in [6, 6.07) is 12.9. The van der Waals surface area contributed by atoms with Gasteiger partial charge in [-0.2, -0.15) is 0 Å². The molecule has 0 spiro atoms. The lowest BCUT2D eigenvalue weighted by molar-refractivity contribution is 0.317. The van der Waals surface area contributed by atoms with Crippen LogP contribution in [0.3, 0.4) is 0 Å². The lowest BCUT2D eigenvalue weighted by Gasteiger charge is -2.09. The Kier molecular flexibility index (Phi) is 4.29. The molecule has 1 N–H and O–H groups in total. The Labute approximate surface area is 113 Å². The third-order valence-corrected chi connectivity index (χ3v) is 2.84. The number of ether oxygens (including phenoxy) is 2. The first-order valence-corrected chi connectivity index (χ1v) is 6.35. The molecule has 0 aromatic heterocycles. The number of hydrogen-bond acceptors (Lipinski definition) is 3. The summed E-state index contributed by atoms with van der Waals surface area (Å²) in [5, 5.41) is 9.91. The third kappa shape index (κ3) is 3.19. The Morgan fingerprint density at radius 3 is 2.32 bits per heavy atom. The average molecular weight is 258 g/mol. The van der Waals surface area contributed by atoms with Gasteiger partial charge in [0.15, 0.2) is 0 Å². The molecule has 0 aliphatic heterocycles. The highest BCUT2D eigenvalue weighted by atomic mass is 16.5. The standard InChI is InChI=1S/C16H18O3/c1-3-10-19-13-6-4-12(5-7-13)15-11-14(18-2)8-9-16(15)17/h4-9,11,17H,3,10H2,1-2H3. The van der Waals surface area contributed by atoms with E-state index in [1.165, 1.54) is 0 Å². The Bertz CT molecular complexity index is 532. The molecule has 0 radical (unpaired) electrons. The quantitative estimate of drug-likeness (QED) is 0.885. The van der Waals surface area contributed by atoms with Crippen molar-refractivity contribution in [3.63, 3.8) is 0 Å². The molecule has 0 unspecified atom stereocenters. The third-order valence-electron chi connectivity index (χ3n) is 2.84. The maximum atomic E-state index is 9.91. The van der Waals surface area contributed by atoms with Crippen molar-refractivity contribution in [2.45, 2.75) is 13.3 Å². The van der Waals surface area contributed by atoms with Crippen LogP contribution in [0.25, 0.3) is 11.1 Å². The maximum Gasteiger partial charge on any atom is 0.123 e.